The highest BCUT2D eigenvalue weighted by atomic mass is 35.5. The van der Waals surface area contributed by atoms with Crippen molar-refractivity contribution in [2.75, 3.05) is 6.61 Å². The molecule has 6 heteroatoms. The van der Waals surface area contributed by atoms with Gasteiger partial charge in [0.15, 0.2) is 0 Å². The minimum absolute atomic E-state index is 0.0847. The quantitative estimate of drug-likeness (QED) is 0.856. The molecule has 21 heavy (non-hydrogen) atoms. The molecule has 0 unspecified atom stereocenters. The van der Waals surface area contributed by atoms with E-state index in [-0.39, 0.29) is 11.5 Å². The molecule has 0 fully saturated rings. The van der Waals surface area contributed by atoms with Gasteiger partial charge in [0, 0.05) is 11.1 Å². The minimum atomic E-state index is -3.71. The predicted molar refractivity (Wildman–Crippen MR) is 82.8 cm³/mol. The number of halogens is 1. The highest BCUT2D eigenvalue weighted by molar-refractivity contribution is 7.89. The van der Waals surface area contributed by atoms with Crippen LogP contribution in [0.15, 0.2) is 59.5 Å². The Labute approximate surface area is 129 Å². The monoisotopic (exact) mass is 325 g/mol. The van der Waals surface area contributed by atoms with Gasteiger partial charge in [-0.3, -0.25) is 0 Å². The summed E-state index contributed by atoms with van der Waals surface area (Å²) in [4.78, 5) is 0.0847. The Hall–Kier alpha value is -1.40. The van der Waals surface area contributed by atoms with Crippen molar-refractivity contribution in [3.63, 3.8) is 0 Å². The van der Waals surface area contributed by atoms with E-state index in [0.717, 1.165) is 5.56 Å². The van der Waals surface area contributed by atoms with Crippen molar-refractivity contribution in [1.29, 1.82) is 0 Å². The number of rotatable bonds is 6. The molecule has 0 aliphatic heterocycles. The van der Waals surface area contributed by atoms with Gasteiger partial charge in [0.1, 0.15) is 0 Å². The average molecular weight is 326 g/mol. The summed E-state index contributed by atoms with van der Waals surface area (Å²) in [6, 6.07) is 14.8. The minimum Gasteiger partial charge on any atom is -0.395 e. The van der Waals surface area contributed by atoms with Crippen molar-refractivity contribution in [2.45, 2.75) is 17.4 Å². The Kier molecular flexibility index (Phi) is 5.36. The van der Waals surface area contributed by atoms with E-state index in [1.807, 2.05) is 30.3 Å². The van der Waals surface area contributed by atoms with Gasteiger partial charge in [0.2, 0.25) is 10.0 Å². The number of aliphatic hydroxyl groups is 1. The lowest BCUT2D eigenvalue weighted by atomic mass is 10.1. The van der Waals surface area contributed by atoms with Crippen LogP contribution in [0.25, 0.3) is 0 Å². The maximum atomic E-state index is 12.3. The van der Waals surface area contributed by atoms with Crippen molar-refractivity contribution >= 4 is 21.6 Å². The lowest BCUT2D eigenvalue weighted by Crippen LogP contribution is -2.39. The second-order valence-corrected chi connectivity index (χ2v) is 6.80. The lowest BCUT2D eigenvalue weighted by Gasteiger charge is -2.16. The molecule has 2 aromatic rings. The average Bonchev–Trinajstić information content (AvgIpc) is 2.47. The molecule has 0 aliphatic carbocycles. The zero-order valence-electron chi connectivity index (χ0n) is 11.2. The highest BCUT2D eigenvalue weighted by Crippen LogP contribution is 2.16. The first-order valence-corrected chi connectivity index (χ1v) is 8.30. The van der Waals surface area contributed by atoms with Gasteiger partial charge in [0.25, 0.3) is 0 Å². The lowest BCUT2D eigenvalue weighted by molar-refractivity contribution is 0.256. The number of hydrogen-bond acceptors (Lipinski definition) is 3. The maximum Gasteiger partial charge on any atom is 0.240 e. The molecular formula is C15H16ClNO3S. The third-order valence-corrected chi connectivity index (χ3v) is 4.73. The summed E-state index contributed by atoms with van der Waals surface area (Å²) in [5.41, 5.74) is 0.949. The predicted octanol–water partition coefficient (Wildman–Crippen LogP) is 2.22. The van der Waals surface area contributed by atoms with Gasteiger partial charge in [-0.25, -0.2) is 13.1 Å². The smallest absolute Gasteiger partial charge is 0.240 e. The molecule has 0 aliphatic rings. The molecule has 0 aromatic heterocycles. The van der Waals surface area contributed by atoms with Crippen LogP contribution >= 0.6 is 11.6 Å². The summed E-state index contributed by atoms with van der Waals surface area (Å²) >= 11 is 5.81. The van der Waals surface area contributed by atoms with Crippen LogP contribution in [0.4, 0.5) is 0 Å². The van der Waals surface area contributed by atoms with E-state index in [1.165, 1.54) is 12.1 Å². The van der Waals surface area contributed by atoms with Crippen LogP contribution in [-0.4, -0.2) is 26.2 Å². The van der Waals surface area contributed by atoms with E-state index in [0.29, 0.717) is 11.4 Å². The van der Waals surface area contributed by atoms with Crippen LogP contribution in [0.1, 0.15) is 5.56 Å². The second kappa shape index (κ2) is 7.04. The Morgan fingerprint density at radius 2 is 1.81 bits per heavy atom. The van der Waals surface area contributed by atoms with E-state index in [1.54, 1.807) is 12.1 Å². The Balaban J connectivity index is 2.14. The van der Waals surface area contributed by atoms with Gasteiger partial charge in [-0.2, -0.15) is 0 Å². The molecule has 2 rings (SSSR count). The molecule has 2 aromatic carbocycles. The molecule has 4 nitrogen and oxygen atoms in total. The van der Waals surface area contributed by atoms with Crippen LogP contribution in [0.5, 0.6) is 0 Å². The molecule has 112 valence electrons. The number of hydrogen-bond donors (Lipinski definition) is 2. The van der Waals surface area contributed by atoms with Gasteiger partial charge in [0.05, 0.1) is 11.5 Å². The summed E-state index contributed by atoms with van der Waals surface area (Å²) in [7, 11) is -3.71. The number of benzene rings is 2. The Morgan fingerprint density at radius 1 is 1.10 bits per heavy atom. The maximum absolute atomic E-state index is 12.3. The van der Waals surface area contributed by atoms with Gasteiger partial charge in [-0.1, -0.05) is 48.0 Å². The fourth-order valence-electron chi connectivity index (χ4n) is 1.96. The van der Waals surface area contributed by atoms with Gasteiger partial charge in [-0.05, 0) is 30.2 Å². The third kappa shape index (κ3) is 4.54. The molecule has 0 bridgehead atoms. The zero-order valence-corrected chi connectivity index (χ0v) is 12.8. The topological polar surface area (TPSA) is 66.4 Å². The van der Waals surface area contributed by atoms with E-state index >= 15 is 0 Å². The summed E-state index contributed by atoms with van der Waals surface area (Å²) in [6.07, 6.45) is 0.414. The van der Waals surface area contributed by atoms with Crippen LogP contribution in [0, 0.1) is 0 Å². The van der Waals surface area contributed by atoms with Crippen molar-refractivity contribution in [3.8, 4) is 0 Å². The van der Waals surface area contributed by atoms with Crippen LogP contribution in [0.2, 0.25) is 5.02 Å². The fourth-order valence-corrected chi connectivity index (χ4v) is 3.49. The van der Waals surface area contributed by atoms with Crippen molar-refractivity contribution in [2.24, 2.45) is 0 Å². The number of sulfonamides is 1. The van der Waals surface area contributed by atoms with E-state index in [9.17, 15) is 13.5 Å². The SMILES string of the molecule is O=S(=O)(N[C@H](CO)Cc1ccccc1)c1cccc(Cl)c1. The molecule has 0 amide bonds. The number of aliphatic hydroxyl groups excluding tert-OH is 1. The molecule has 1 atom stereocenters. The third-order valence-electron chi connectivity index (χ3n) is 2.97. The van der Waals surface area contributed by atoms with Crippen LogP contribution < -0.4 is 4.72 Å². The molecule has 0 spiro atoms. The standard InChI is InChI=1S/C15H16ClNO3S/c16-13-7-4-8-15(10-13)21(19,20)17-14(11-18)9-12-5-2-1-3-6-12/h1-8,10,14,17-18H,9,11H2/t14-/m0/s1. The first-order valence-electron chi connectivity index (χ1n) is 6.44. The molecule has 0 saturated carbocycles. The van der Waals surface area contributed by atoms with E-state index < -0.39 is 16.1 Å². The molecule has 2 N–H and O–H groups in total. The second-order valence-electron chi connectivity index (χ2n) is 4.65. The first-order chi connectivity index (χ1) is 10.0. The molecule has 0 heterocycles. The number of nitrogens with one attached hydrogen (secondary N) is 1. The molecule has 0 radical (unpaired) electrons. The molecular weight excluding hydrogens is 310 g/mol. The van der Waals surface area contributed by atoms with Crippen LogP contribution in [-0.2, 0) is 16.4 Å². The van der Waals surface area contributed by atoms with Crippen molar-refractivity contribution in [3.05, 3.63) is 65.2 Å². The van der Waals surface area contributed by atoms with Gasteiger partial charge < -0.3 is 5.11 Å². The largest absolute Gasteiger partial charge is 0.395 e. The fraction of sp³-hybridized carbons (Fsp3) is 0.200. The Morgan fingerprint density at radius 3 is 2.43 bits per heavy atom. The van der Waals surface area contributed by atoms with Gasteiger partial charge in [-0.15, -0.1) is 0 Å². The summed E-state index contributed by atoms with van der Waals surface area (Å²) in [5, 5.41) is 9.75. The highest BCUT2D eigenvalue weighted by Gasteiger charge is 2.20. The zero-order chi connectivity index (χ0) is 15.3. The van der Waals surface area contributed by atoms with Gasteiger partial charge >= 0.3 is 0 Å². The Bertz CT molecular complexity index is 689. The summed E-state index contributed by atoms with van der Waals surface area (Å²) in [5.74, 6) is 0. The van der Waals surface area contributed by atoms with Crippen molar-refractivity contribution < 1.29 is 13.5 Å². The first kappa shape index (κ1) is 16.0. The summed E-state index contributed by atoms with van der Waals surface area (Å²) in [6.45, 7) is -0.283. The molecule has 0 saturated heterocycles. The van der Waals surface area contributed by atoms with Crippen LogP contribution in [0.3, 0.4) is 0 Å². The van der Waals surface area contributed by atoms with E-state index in [4.69, 9.17) is 11.6 Å². The van der Waals surface area contributed by atoms with Crippen molar-refractivity contribution in [1.82, 2.24) is 4.72 Å². The van der Waals surface area contributed by atoms with E-state index in [2.05, 4.69) is 4.72 Å². The normalized spacial score (nSPS) is 13.0. The summed E-state index contributed by atoms with van der Waals surface area (Å²) < 4.78 is 27.0.